The van der Waals surface area contributed by atoms with Gasteiger partial charge in [0.15, 0.2) is 6.10 Å². The number of hydroxylamine groups is 2. The molecule has 7 rings (SSSR count). The van der Waals surface area contributed by atoms with E-state index in [1.165, 1.54) is 55.0 Å². The summed E-state index contributed by atoms with van der Waals surface area (Å²) in [5.41, 5.74) is 1.49. The molecule has 0 radical (unpaired) electrons. The number of imide groups is 1. The standard InChI is InChI=1S/C24H28N2O9.C19H25NO5.C15H17NO5/c1-2-32-22(29)21(34-24(31)35-26-19(27)14-15-20(26)28)16-10-12-17(13-11-16)25-23(30)33-18-8-6-4-3-5-7-9-18;1-2-24-18(22)17(21)14-10-12-15(13-11-14)20-19(23)25-16-8-6-4-3-5-7-9-16;17-15(20-13-6-4-2-1-3-5-7-13)21-14-10-8-12(9-11-14)16(18)19/h6,8,10-13,18,21H,2-5,7,9,14-15H2,1H3,(H,25,30);6,8,10-13,16-17,21H,2-5,7,9H2,1H3,(H,20,23);4,6,8-11,13H,1-3,5,7H2/b2*8-6+;6-4+. The molecule has 0 bridgehead atoms. The minimum absolute atomic E-state index is 0.0257. The van der Waals surface area contributed by atoms with Crippen LogP contribution in [0.2, 0.25) is 0 Å². The number of nitrogens with zero attached hydrogens (tertiary/aromatic N) is 2. The lowest BCUT2D eigenvalue weighted by Crippen LogP contribution is -2.33. The highest BCUT2D eigenvalue weighted by Gasteiger charge is 2.36. The summed E-state index contributed by atoms with van der Waals surface area (Å²) >= 11 is 0. The van der Waals surface area contributed by atoms with Gasteiger partial charge in [-0.15, -0.1) is 0 Å². The Bertz CT molecular complexity index is 2640. The highest BCUT2D eigenvalue weighted by atomic mass is 16.8. The number of hydrogen-bond acceptors (Lipinski definition) is 19. The van der Waals surface area contributed by atoms with Gasteiger partial charge in [0.25, 0.3) is 17.5 Å². The number of benzene rings is 3. The van der Waals surface area contributed by atoms with E-state index in [1.807, 2.05) is 30.4 Å². The van der Waals surface area contributed by atoms with Gasteiger partial charge in [-0.25, -0.2) is 28.8 Å². The van der Waals surface area contributed by atoms with Crippen LogP contribution < -0.4 is 15.4 Å². The first-order valence-electron chi connectivity index (χ1n) is 27.2. The van der Waals surface area contributed by atoms with Gasteiger partial charge in [-0.2, -0.15) is 0 Å². The summed E-state index contributed by atoms with van der Waals surface area (Å²) in [6, 6.07) is 17.5. The van der Waals surface area contributed by atoms with E-state index in [0.29, 0.717) is 22.0 Å². The number of hydrogen-bond donors (Lipinski definition) is 3. The average Bonchev–Trinajstić information content (AvgIpc) is 3.74. The summed E-state index contributed by atoms with van der Waals surface area (Å²) in [5.74, 6) is -2.72. The van der Waals surface area contributed by atoms with Crippen LogP contribution in [0.15, 0.2) is 109 Å². The third kappa shape index (κ3) is 23.0. The highest BCUT2D eigenvalue weighted by Crippen LogP contribution is 2.26. The zero-order valence-corrected chi connectivity index (χ0v) is 45.4. The summed E-state index contributed by atoms with van der Waals surface area (Å²) in [4.78, 5) is 110. The van der Waals surface area contributed by atoms with E-state index < -0.39 is 65.4 Å². The van der Waals surface area contributed by atoms with Crippen LogP contribution in [0.4, 0.5) is 36.2 Å². The maximum atomic E-state index is 12.4. The predicted octanol–water partition coefficient (Wildman–Crippen LogP) is 11.7. The number of carbonyl (C=O) groups is 8. The van der Waals surface area contributed by atoms with Crippen LogP contribution in [0, 0.1) is 10.1 Å². The van der Waals surface area contributed by atoms with Gasteiger partial charge in [-0.05, 0) is 151 Å². The van der Waals surface area contributed by atoms with E-state index in [-0.39, 0.29) is 61.4 Å². The molecule has 23 nitrogen and oxygen atoms in total. The van der Waals surface area contributed by atoms with E-state index in [9.17, 15) is 53.6 Å². The predicted molar refractivity (Wildman–Crippen MR) is 291 cm³/mol. The molecule has 3 aromatic rings. The molecular formula is C58H70N4O19. The number of non-ortho nitro benzene ring substituents is 1. The summed E-state index contributed by atoms with van der Waals surface area (Å²) in [7, 11) is 0. The topological polar surface area (TPSA) is 301 Å². The number of aliphatic hydroxyl groups is 1. The van der Waals surface area contributed by atoms with Crippen LogP contribution in [0.25, 0.3) is 0 Å². The van der Waals surface area contributed by atoms with Crippen molar-refractivity contribution in [3.63, 3.8) is 0 Å². The van der Waals surface area contributed by atoms with Gasteiger partial charge in [-0.1, -0.05) is 66.8 Å². The van der Waals surface area contributed by atoms with Crippen molar-refractivity contribution < 1.29 is 86.4 Å². The number of aliphatic hydroxyl groups excluding tert-OH is 1. The maximum Gasteiger partial charge on any atom is 0.535 e. The minimum atomic E-state index is -1.52. The first kappa shape index (κ1) is 63.2. The molecule has 81 heavy (non-hydrogen) atoms. The number of allylic oxidation sites excluding steroid dienone is 3. The quantitative estimate of drug-likeness (QED) is 0.0242. The van der Waals surface area contributed by atoms with Gasteiger partial charge in [-0.3, -0.25) is 35.2 Å². The largest absolute Gasteiger partial charge is 0.535 e. The number of esters is 2. The Morgan fingerprint density at radius 3 is 1.49 bits per heavy atom. The number of carbonyl (C=O) groups excluding carboxylic acids is 8. The average molecular weight is 1130 g/mol. The normalized spacial score (nSPS) is 19.8. The van der Waals surface area contributed by atoms with Crippen molar-refractivity contribution in [3.05, 3.63) is 130 Å². The summed E-state index contributed by atoms with van der Waals surface area (Å²) in [5, 5.41) is 26.0. The van der Waals surface area contributed by atoms with E-state index in [0.717, 1.165) is 89.9 Å². The van der Waals surface area contributed by atoms with E-state index in [1.54, 1.807) is 38.1 Å². The smallest absolute Gasteiger partial charge is 0.464 e. The van der Waals surface area contributed by atoms with Crippen molar-refractivity contribution in [2.24, 2.45) is 0 Å². The van der Waals surface area contributed by atoms with Crippen molar-refractivity contribution in [2.75, 3.05) is 23.8 Å². The molecule has 5 atom stereocenters. The number of rotatable bonds is 15. The molecule has 3 N–H and O–H groups in total. The number of nitro groups is 1. The Hall–Kier alpha value is -8.60. The minimum Gasteiger partial charge on any atom is -0.464 e. The number of anilines is 2. The van der Waals surface area contributed by atoms with E-state index in [2.05, 4.69) is 21.5 Å². The zero-order chi connectivity index (χ0) is 58.4. The van der Waals surface area contributed by atoms with Crippen LogP contribution in [0.5, 0.6) is 5.75 Å². The first-order valence-corrected chi connectivity index (χ1v) is 27.2. The Labute approximate surface area is 469 Å². The third-order valence-electron chi connectivity index (χ3n) is 12.5. The SMILES string of the molecule is CCOC(=O)C(O)c1ccc(NC(=O)OC2/C=C/CCCCC2)cc1.CCOC(=O)C(OC(=O)ON1C(=O)CCC1=O)c1ccc(NC(=O)OC2/C=C/CCCCC2)cc1.O=C(Oc1ccc([N+](=O)[O-])cc1)OC1/C=C/CCCCC1. The lowest BCUT2D eigenvalue weighted by atomic mass is 10.0. The fourth-order valence-corrected chi connectivity index (χ4v) is 8.30. The second kappa shape index (κ2) is 34.4. The molecule has 1 heterocycles. The van der Waals surface area contributed by atoms with Crippen LogP contribution in [-0.2, 0) is 52.4 Å². The Morgan fingerprint density at radius 2 is 1.04 bits per heavy atom. The second-order valence-electron chi connectivity index (χ2n) is 18.7. The van der Waals surface area contributed by atoms with E-state index >= 15 is 0 Å². The number of nitrogens with one attached hydrogen (secondary N) is 2. The van der Waals surface area contributed by atoms with Gasteiger partial charge in [0.1, 0.15) is 24.1 Å². The van der Waals surface area contributed by atoms with E-state index in [4.69, 9.17) is 33.2 Å². The summed E-state index contributed by atoms with van der Waals surface area (Å²) < 4.78 is 35.9. The third-order valence-corrected chi connectivity index (χ3v) is 12.5. The van der Waals surface area contributed by atoms with Gasteiger partial charge in [0.2, 0.25) is 6.10 Å². The Kier molecular flexibility index (Phi) is 26.9. The van der Waals surface area contributed by atoms with Crippen LogP contribution in [0.3, 0.4) is 0 Å². The fraction of sp³-hybridized carbons (Fsp3) is 0.448. The molecule has 3 aliphatic carbocycles. The highest BCUT2D eigenvalue weighted by molar-refractivity contribution is 6.01. The molecule has 3 aromatic carbocycles. The molecule has 4 aliphatic rings. The van der Waals surface area contributed by atoms with Crippen molar-refractivity contribution in [2.45, 2.75) is 154 Å². The van der Waals surface area contributed by atoms with Crippen molar-refractivity contribution in [1.82, 2.24) is 5.06 Å². The summed E-state index contributed by atoms with van der Waals surface area (Å²) in [6.45, 7) is 3.49. The molecule has 4 amide bonds. The summed E-state index contributed by atoms with van der Waals surface area (Å²) in [6.07, 6.45) is 19.9. The van der Waals surface area contributed by atoms with Gasteiger partial charge in [0, 0.05) is 41.9 Å². The molecule has 0 aromatic heterocycles. The zero-order valence-electron chi connectivity index (χ0n) is 45.4. The molecule has 23 heteroatoms. The fourth-order valence-electron chi connectivity index (χ4n) is 8.30. The van der Waals surface area contributed by atoms with Crippen LogP contribution >= 0.6 is 0 Å². The number of amides is 4. The molecular weight excluding hydrogens is 1060 g/mol. The lowest BCUT2D eigenvalue weighted by molar-refractivity contribution is -0.384. The molecule has 5 unspecified atom stereocenters. The monoisotopic (exact) mass is 1130 g/mol. The van der Waals surface area contributed by atoms with Gasteiger partial charge in [0.05, 0.1) is 18.1 Å². The van der Waals surface area contributed by atoms with Crippen LogP contribution in [0.1, 0.15) is 146 Å². The molecule has 1 aliphatic heterocycles. The number of ether oxygens (including phenoxy) is 7. The number of nitro benzene ring substituents is 1. The second-order valence-corrected chi connectivity index (χ2v) is 18.7. The molecule has 436 valence electrons. The Morgan fingerprint density at radius 1 is 0.593 bits per heavy atom. The van der Waals surface area contributed by atoms with Gasteiger partial charge < -0.3 is 38.3 Å². The van der Waals surface area contributed by atoms with Gasteiger partial charge >= 0.3 is 36.4 Å². The molecule has 0 spiro atoms. The lowest BCUT2D eigenvalue weighted by Gasteiger charge is -2.19. The Balaban J connectivity index is 0.000000232. The first-order chi connectivity index (χ1) is 39.1. The van der Waals surface area contributed by atoms with Crippen LogP contribution in [-0.4, -0.2) is 94.9 Å². The van der Waals surface area contributed by atoms with Crippen molar-refractivity contribution in [1.29, 1.82) is 0 Å². The molecule has 1 saturated heterocycles. The van der Waals surface area contributed by atoms with Crippen molar-refractivity contribution >= 4 is 65.3 Å². The molecule has 0 saturated carbocycles. The molecule has 1 fully saturated rings. The van der Waals surface area contributed by atoms with Crippen molar-refractivity contribution in [3.8, 4) is 5.75 Å². The maximum absolute atomic E-state index is 12.4.